The molecule has 0 unspecified atom stereocenters. The topological polar surface area (TPSA) is 0 Å². The number of aryl methyl sites for hydroxylation is 2. The number of fused-ring (bicyclic) bond motifs is 3. The summed E-state index contributed by atoms with van der Waals surface area (Å²) in [5.41, 5.74) is 7.99. The molecule has 2 aromatic rings. The normalized spacial score (nSPS) is 12.4. The van der Waals surface area contributed by atoms with Crippen molar-refractivity contribution >= 4 is 11.6 Å². The van der Waals surface area contributed by atoms with Crippen molar-refractivity contribution in [2.45, 2.75) is 20.3 Å². The van der Waals surface area contributed by atoms with Gasteiger partial charge in [-0.05, 0) is 54.2 Å². The summed E-state index contributed by atoms with van der Waals surface area (Å²) in [7, 11) is 0. The molecule has 2 aromatic carbocycles. The molecule has 0 N–H and O–H groups in total. The zero-order chi connectivity index (χ0) is 11.3. The Kier molecular flexibility index (Phi) is 2.08. The van der Waals surface area contributed by atoms with E-state index in [1.165, 1.54) is 33.4 Å². The molecule has 0 saturated carbocycles. The molecule has 3 rings (SSSR count). The highest BCUT2D eigenvalue weighted by atomic mass is 35.5. The van der Waals surface area contributed by atoms with Crippen LogP contribution in [0.3, 0.4) is 0 Å². The monoisotopic (exact) mass is 228 g/mol. The minimum Gasteiger partial charge on any atom is -0.0840 e. The molecule has 80 valence electrons. The molecule has 0 spiro atoms. The Morgan fingerprint density at radius 3 is 2.50 bits per heavy atom. The molecular formula is C15H13Cl. The molecule has 0 radical (unpaired) electrons. The molecular weight excluding hydrogens is 216 g/mol. The van der Waals surface area contributed by atoms with E-state index in [9.17, 15) is 0 Å². The lowest BCUT2D eigenvalue weighted by molar-refractivity contribution is 1.24. The summed E-state index contributed by atoms with van der Waals surface area (Å²) in [5.74, 6) is 0. The van der Waals surface area contributed by atoms with Crippen LogP contribution in [0.25, 0.3) is 11.1 Å². The number of halogens is 1. The third-order valence-electron chi connectivity index (χ3n) is 3.32. The van der Waals surface area contributed by atoms with Crippen LogP contribution in [0, 0.1) is 13.8 Å². The fourth-order valence-corrected chi connectivity index (χ4v) is 2.64. The molecule has 0 nitrogen and oxygen atoms in total. The summed E-state index contributed by atoms with van der Waals surface area (Å²) in [6, 6.07) is 11.0. The van der Waals surface area contributed by atoms with Gasteiger partial charge in [0.2, 0.25) is 0 Å². The first-order valence-corrected chi connectivity index (χ1v) is 5.92. The maximum absolute atomic E-state index is 6.19. The third-order valence-corrected chi connectivity index (χ3v) is 3.72. The van der Waals surface area contributed by atoms with Crippen LogP contribution < -0.4 is 0 Å². The molecule has 0 aromatic heterocycles. The van der Waals surface area contributed by atoms with Crippen molar-refractivity contribution in [2.75, 3.05) is 0 Å². The Morgan fingerprint density at radius 1 is 0.938 bits per heavy atom. The lowest BCUT2D eigenvalue weighted by Crippen LogP contribution is -1.83. The second-order valence-corrected chi connectivity index (χ2v) is 5.00. The SMILES string of the molecule is Cc1ccc2c(c1)Cc1cc(C)c(Cl)cc1-2. The van der Waals surface area contributed by atoms with E-state index in [2.05, 4.69) is 44.2 Å². The van der Waals surface area contributed by atoms with Crippen LogP contribution in [0.4, 0.5) is 0 Å². The van der Waals surface area contributed by atoms with Crippen LogP contribution in [-0.2, 0) is 6.42 Å². The highest BCUT2D eigenvalue weighted by molar-refractivity contribution is 6.31. The lowest BCUT2D eigenvalue weighted by Gasteiger charge is -2.04. The van der Waals surface area contributed by atoms with Crippen molar-refractivity contribution in [1.82, 2.24) is 0 Å². The van der Waals surface area contributed by atoms with Crippen LogP contribution in [0.1, 0.15) is 22.3 Å². The summed E-state index contributed by atoms with van der Waals surface area (Å²) < 4.78 is 0. The Hall–Kier alpha value is -1.27. The maximum Gasteiger partial charge on any atom is 0.0441 e. The van der Waals surface area contributed by atoms with E-state index < -0.39 is 0 Å². The van der Waals surface area contributed by atoms with Gasteiger partial charge in [-0.2, -0.15) is 0 Å². The van der Waals surface area contributed by atoms with E-state index in [-0.39, 0.29) is 0 Å². The first kappa shape index (κ1) is 9.92. The third kappa shape index (κ3) is 1.37. The number of rotatable bonds is 0. The van der Waals surface area contributed by atoms with Gasteiger partial charge in [0.1, 0.15) is 0 Å². The molecule has 0 amide bonds. The summed E-state index contributed by atoms with van der Waals surface area (Å²) in [6.07, 6.45) is 1.05. The summed E-state index contributed by atoms with van der Waals surface area (Å²) in [5, 5.41) is 0.868. The molecule has 1 heteroatoms. The Bertz CT molecular complexity index is 582. The van der Waals surface area contributed by atoms with Crippen LogP contribution in [0.2, 0.25) is 5.02 Å². The van der Waals surface area contributed by atoms with Gasteiger partial charge in [0.15, 0.2) is 0 Å². The van der Waals surface area contributed by atoms with E-state index in [1.54, 1.807) is 0 Å². The van der Waals surface area contributed by atoms with Gasteiger partial charge in [-0.15, -0.1) is 0 Å². The quantitative estimate of drug-likeness (QED) is 0.530. The number of hydrogen-bond donors (Lipinski definition) is 0. The predicted octanol–water partition coefficient (Wildman–Crippen LogP) is 4.53. The highest BCUT2D eigenvalue weighted by Gasteiger charge is 2.19. The van der Waals surface area contributed by atoms with Gasteiger partial charge in [-0.3, -0.25) is 0 Å². The first-order chi connectivity index (χ1) is 7.65. The number of hydrogen-bond acceptors (Lipinski definition) is 0. The second kappa shape index (κ2) is 3.36. The van der Waals surface area contributed by atoms with Crippen LogP contribution in [0.5, 0.6) is 0 Å². The predicted molar refractivity (Wildman–Crippen MR) is 69.2 cm³/mol. The Balaban J connectivity index is 2.25. The molecule has 0 atom stereocenters. The van der Waals surface area contributed by atoms with Crippen molar-refractivity contribution in [3.8, 4) is 11.1 Å². The van der Waals surface area contributed by atoms with Gasteiger partial charge >= 0.3 is 0 Å². The van der Waals surface area contributed by atoms with Gasteiger partial charge in [-0.1, -0.05) is 41.4 Å². The van der Waals surface area contributed by atoms with Crippen LogP contribution >= 0.6 is 11.6 Å². The lowest BCUT2D eigenvalue weighted by atomic mass is 10.0. The van der Waals surface area contributed by atoms with Gasteiger partial charge in [0.05, 0.1) is 0 Å². The Morgan fingerprint density at radius 2 is 1.69 bits per heavy atom. The highest BCUT2D eigenvalue weighted by Crippen LogP contribution is 2.39. The average molecular weight is 229 g/mol. The smallest absolute Gasteiger partial charge is 0.0441 e. The van der Waals surface area contributed by atoms with Crippen LogP contribution in [-0.4, -0.2) is 0 Å². The zero-order valence-corrected chi connectivity index (χ0v) is 10.2. The summed E-state index contributed by atoms with van der Waals surface area (Å²) >= 11 is 6.19. The standard InChI is InChI=1S/C15H13Cl/c1-9-3-4-13-11(5-9)7-12-6-10(2)15(16)8-14(12)13/h3-6,8H,7H2,1-2H3. The summed E-state index contributed by atoms with van der Waals surface area (Å²) in [6.45, 7) is 4.21. The second-order valence-electron chi connectivity index (χ2n) is 4.60. The molecule has 0 aliphatic heterocycles. The fraction of sp³-hybridized carbons (Fsp3) is 0.200. The summed E-state index contributed by atoms with van der Waals surface area (Å²) in [4.78, 5) is 0. The fourth-order valence-electron chi connectivity index (χ4n) is 2.47. The van der Waals surface area contributed by atoms with Gasteiger partial charge in [0.25, 0.3) is 0 Å². The maximum atomic E-state index is 6.19. The van der Waals surface area contributed by atoms with Gasteiger partial charge < -0.3 is 0 Å². The zero-order valence-electron chi connectivity index (χ0n) is 9.47. The van der Waals surface area contributed by atoms with E-state index in [0.717, 1.165) is 11.4 Å². The van der Waals surface area contributed by atoms with Crippen molar-refractivity contribution in [3.63, 3.8) is 0 Å². The van der Waals surface area contributed by atoms with E-state index >= 15 is 0 Å². The van der Waals surface area contributed by atoms with Crippen molar-refractivity contribution < 1.29 is 0 Å². The van der Waals surface area contributed by atoms with Gasteiger partial charge in [0, 0.05) is 5.02 Å². The van der Waals surface area contributed by atoms with Crippen molar-refractivity contribution in [3.05, 3.63) is 57.6 Å². The minimum atomic E-state index is 0.868. The largest absolute Gasteiger partial charge is 0.0840 e. The van der Waals surface area contributed by atoms with E-state index in [0.29, 0.717) is 0 Å². The van der Waals surface area contributed by atoms with Crippen molar-refractivity contribution in [2.24, 2.45) is 0 Å². The van der Waals surface area contributed by atoms with Crippen molar-refractivity contribution in [1.29, 1.82) is 0 Å². The average Bonchev–Trinajstić information content (AvgIpc) is 2.55. The molecule has 16 heavy (non-hydrogen) atoms. The first-order valence-electron chi connectivity index (χ1n) is 5.54. The molecule has 1 aliphatic rings. The van der Waals surface area contributed by atoms with Crippen LogP contribution in [0.15, 0.2) is 30.3 Å². The molecule has 0 fully saturated rings. The minimum absolute atomic E-state index is 0.868. The van der Waals surface area contributed by atoms with E-state index in [4.69, 9.17) is 11.6 Å². The van der Waals surface area contributed by atoms with E-state index in [1.807, 2.05) is 0 Å². The Labute approximate surface area is 101 Å². The molecule has 1 aliphatic carbocycles. The molecule has 0 heterocycles. The molecule has 0 bridgehead atoms. The number of benzene rings is 2. The van der Waals surface area contributed by atoms with Gasteiger partial charge in [-0.25, -0.2) is 0 Å². The molecule has 0 saturated heterocycles.